The van der Waals surface area contributed by atoms with Crippen LogP contribution in [-0.2, 0) is 6.54 Å². The molecule has 1 fully saturated rings. The standard InChI is InChI=1S/C20H22ClFN4/c21-16-4-3-5-17(22)15(16)12-26-19-7-2-1-6-18(19)25-20(26)24-14-10-8-13(23)9-11-14/h1-7,13-14H,8-12,23H2,(H,24,25). The highest BCUT2D eigenvalue weighted by Gasteiger charge is 2.21. The fourth-order valence-electron chi connectivity index (χ4n) is 3.63. The molecule has 0 amide bonds. The van der Waals surface area contributed by atoms with Gasteiger partial charge in [0.05, 0.1) is 17.6 Å². The molecular formula is C20H22ClFN4. The molecule has 0 atom stereocenters. The Labute approximate surface area is 157 Å². The van der Waals surface area contributed by atoms with Gasteiger partial charge in [-0.05, 0) is 49.9 Å². The van der Waals surface area contributed by atoms with Gasteiger partial charge in [-0.1, -0.05) is 29.8 Å². The lowest BCUT2D eigenvalue weighted by molar-refractivity contribution is 0.409. The summed E-state index contributed by atoms with van der Waals surface area (Å²) >= 11 is 6.25. The number of nitrogens with one attached hydrogen (secondary N) is 1. The normalized spacial score (nSPS) is 20.4. The molecule has 1 heterocycles. The predicted molar refractivity (Wildman–Crippen MR) is 104 cm³/mol. The highest BCUT2D eigenvalue weighted by Crippen LogP contribution is 2.28. The van der Waals surface area contributed by atoms with Gasteiger partial charge >= 0.3 is 0 Å². The molecule has 3 N–H and O–H groups in total. The highest BCUT2D eigenvalue weighted by atomic mass is 35.5. The van der Waals surface area contributed by atoms with Crippen molar-refractivity contribution in [1.82, 2.24) is 9.55 Å². The first-order valence-electron chi connectivity index (χ1n) is 9.02. The van der Waals surface area contributed by atoms with Crippen molar-refractivity contribution in [1.29, 1.82) is 0 Å². The van der Waals surface area contributed by atoms with Crippen molar-refractivity contribution in [2.45, 2.75) is 44.3 Å². The molecule has 3 aromatic rings. The molecule has 0 bridgehead atoms. The minimum atomic E-state index is -0.301. The largest absolute Gasteiger partial charge is 0.353 e. The predicted octanol–water partition coefficient (Wildman–Crippen LogP) is 4.56. The number of benzene rings is 2. The molecule has 4 rings (SSSR count). The number of rotatable bonds is 4. The van der Waals surface area contributed by atoms with Gasteiger partial charge in [0.1, 0.15) is 5.82 Å². The van der Waals surface area contributed by atoms with Crippen LogP contribution in [0.4, 0.5) is 10.3 Å². The zero-order valence-corrected chi connectivity index (χ0v) is 15.2. The summed E-state index contributed by atoms with van der Waals surface area (Å²) in [5, 5.41) is 3.98. The molecule has 4 nitrogen and oxygen atoms in total. The minimum absolute atomic E-state index is 0.295. The van der Waals surface area contributed by atoms with E-state index in [-0.39, 0.29) is 5.82 Å². The van der Waals surface area contributed by atoms with Gasteiger partial charge in [-0.3, -0.25) is 0 Å². The van der Waals surface area contributed by atoms with Crippen molar-refractivity contribution in [2.24, 2.45) is 5.73 Å². The smallest absolute Gasteiger partial charge is 0.204 e. The summed E-state index contributed by atoms with van der Waals surface area (Å²) in [6, 6.07) is 13.3. The van der Waals surface area contributed by atoms with E-state index in [1.165, 1.54) is 6.07 Å². The average molecular weight is 373 g/mol. The average Bonchev–Trinajstić information content (AvgIpc) is 2.97. The van der Waals surface area contributed by atoms with E-state index in [0.717, 1.165) is 42.7 Å². The molecule has 136 valence electrons. The third-order valence-corrected chi connectivity index (χ3v) is 5.49. The van der Waals surface area contributed by atoms with Crippen LogP contribution in [-0.4, -0.2) is 21.6 Å². The Hall–Kier alpha value is -2.11. The van der Waals surface area contributed by atoms with Crippen molar-refractivity contribution >= 4 is 28.6 Å². The molecule has 0 radical (unpaired) electrons. The monoisotopic (exact) mass is 372 g/mol. The molecule has 1 aromatic heterocycles. The molecule has 0 unspecified atom stereocenters. The topological polar surface area (TPSA) is 55.9 Å². The lowest BCUT2D eigenvalue weighted by Gasteiger charge is -2.27. The zero-order chi connectivity index (χ0) is 18.1. The van der Waals surface area contributed by atoms with Crippen LogP contribution in [0.5, 0.6) is 0 Å². The minimum Gasteiger partial charge on any atom is -0.353 e. The van der Waals surface area contributed by atoms with E-state index >= 15 is 0 Å². The summed E-state index contributed by atoms with van der Waals surface area (Å²) < 4.78 is 16.3. The Morgan fingerprint density at radius 2 is 1.88 bits per heavy atom. The number of hydrogen-bond acceptors (Lipinski definition) is 3. The van der Waals surface area contributed by atoms with Crippen molar-refractivity contribution < 1.29 is 4.39 Å². The van der Waals surface area contributed by atoms with Crippen LogP contribution in [0, 0.1) is 5.82 Å². The Kier molecular flexibility index (Phi) is 4.83. The van der Waals surface area contributed by atoms with E-state index < -0.39 is 0 Å². The maximum Gasteiger partial charge on any atom is 0.204 e. The van der Waals surface area contributed by atoms with Crippen LogP contribution < -0.4 is 11.1 Å². The first-order valence-corrected chi connectivity index (χ1v) is 9.40. The fraction of sp³-hybridized carbons (Fsp3) is 0.350. The second-order valence-electron chi connectivity index (χ2n) is 6.97. The number of aromatic nitrogens is 2. The van der Waals surface area contributed by atoms with Crippen LogP contribution in [0.3, 0.4) is 0 Å². The Balaban J connectivity index is 1.70. The van der Waals surface area contributed by atoms with E-state index in [9.17, 15) is 4.39 Å². The van der Waals surface area contributed by atoms with Gasteiger partial charge < -0.3 is 15.6 Å². The molecule has 1 aliphatic carbocycles. The highest BCUT2D eigenvalue weighted by molar-refractivity contribution is 6.31. The Morgan fingerprint density at radius 1 is 1.12 bits per heavy atom. The van der Waals surface area contributed by atoms with E-state index in [1.54, 1.807) is 12.1 Å². The molecule has 0 spiro atoms. The number of halogens is 2. The maximum absolute atomic E-state index is 14.3. The Morgan fingerprint density at radius 3 is 2.65 bits per heavy atom. The summed E-state index contributed by atoms with van der Waals surface area (Å²) in [6.07, 6.45) is 4.06. The van der Waals surface area contributed by atoms with E-state index in [4.69, 9.17) is 22.3 Å². The maximum atomic E-state index is 14.3. The summed E-state index contributed by atoms with van der Waals surface area (Å²) in [7, 11) is 0. The first-order chi connectivity index (χ1) is 12.6. The molecule has 1 saturated carbocycles. The second-order valence-corrected chi connectivity index (χ2v) is 7.37. The van der Waals surface area contributed by atoms with Crippen molar-refractivity contribution in [3.63, 3.8) is 0 Å². The van der Waals surface area contributed by atoms with Gasteiger partial charge in [0.15, 0.2) is 0 Å². The Bertz CT molecular complexity index is 895. The van der Waals surface area contributed by atoms with Gasteiger partial charge in [-0.2, -0.15) is 0 Å². The lowest BCUT2D eigenvalue weighted by atomic mass is 9.92. The zero-order valence-electron chi connectivity index (χ0n) is 14.5. The van der Waals surface area contributed by atoms with Crippen molar-refractivity contribution in [3.8, 4) is 0 Å². The van der Waals surface area contributed by atoms with Gasteiger partial charge in [0.25, 0.3) is 0 Å². The molecule has 6 heteroatoms. The van der Waals surface area contributed by atoms with Crippen LogP contribution in [0.2, 0.25) is 5.02 Å². The summed E-state index contributed by atoms with van der Waals surface area (Å²) in [4.78, 5) is 4.74. The lowest BCUT2D eigenvalue weighted by Crippen LogP contribution is -2.33. The number of anilines is 1. The number of nitrogens with zero attached hydrogens (tertiary/aromatic N) is 2. The van der Waals surface area contributed by atoms with Gasteiger partial charge in [-0.25, -0.2) is 9.37 Å². The van der Waals surface area contributed by atoms with Crippen molar-refractivity contribution in [3.05, 3.63) is 58.9 Å². The fourth-order valence-corrected chi connectivity index (χ4v) is 3.86. The van der Waals surface area contributed by atoms with Gasteiger partial charge in [0.2, 0.25) is 5.95 Å². The molecular weight excluding hydrogens is 351 g/mol. The number of hydrogen-bond donors (Lipinski definition) is 2. The van der Waals surface area contributed by atoms with Crippen LogP contribution in [0.25, 0.3) is 11.0 Å². The molecule has 1 aliphatic rings. The van der Waals surface area contributed by atoms with Crippen molar-refractivity contribution in [2.75, 3.05) is 5.32 Å². The number of nitrogens with two attached hydrogens (primary N) is 1. The van der Waals surface area contributed by atoms with Gasteiger partial charge in [0, 0.05) is 22.7 Å². The van der Waals surface area contributed by atoms with E-state index in [0.29, 0.717) is 29.2 Å². The molecule has 2 aromatic carbocycles. The summed E-state index contributed by atoms with van der Waals surface area (Å²) in [5.41, 5.74) is 8.33. The van der Waals surface area contributed by atoms with Crippen LogP contribution in [0.1, 0.15) is 31.2 Å². The van der Waals surface area contributed by atoms with Gasteiger partial charge in [-0.15, -0.1) is 0 Å². The summed E-state index contributed by atoms with van der Waals surface area (Å²) in [6.45, 7) is 0.334. The number of fused-ring (bicyclic) bond motifs is 1. The number of imidazole rings is 1. The van der Waals surface area contributed by atoms with Crippen LogP contribution >= 0.6 is 11.6 Å². The SMILES string of the molecule is NC1CCC(Nc2nc3ccccc3n2Cc2c(F)cccc2Cl)CC1. The number of para-hydroxylation sites is 2. The van der Waals surface area contributed by atoms with Crippen LogP contribution in [0.15, 0.2) is 42.5 Å². The van der Waals surface area contributed by atoms with E-state index in [1.807, 2.05) is 28.8 Å². The molecule has 26 heavy (non-hydrogen) atoms. The third-order valence-electron chi connectivity index (χ3n) is 5.14. The molecule has 0 aliphatic heterocycles. The third kappa shape index (κ3) is 3.41. The molecule has 0 saturated heterocycles. The second kappa shape index (κ2) is 7.25. The van der Waals surface area contributed by atoms with E-state index in [2.05, 4.69) is 5.32 Å². The quantitative estimate of drug-likeness (QED) is 0.705. The summed E-state index contributed by atoms with van der Waals surface area (Å²) in [5.74, 6) is 0.455. The first kappa shape index (κ1) is 17.3.